The van der Waals surface area contributed by atoms with E-state index >= 15 is 0 Å². The summed E-state index contributed by atoms with van der Waals surface area (Å²) in [4.78, 5) is 53.9. The van der Waals surface area contributed by atoms with Gasteiger partial charge in [0.25, 0.3) is 11.1 Å². The van der Waals surface area contributed by atoms with E-state index in [1.54, 1.807) is 74.8 Å². The molecule has 0 bridgehead atoms. The lowest BCUT2D eigenvalue weighted by atomic mass is 10.1. The number of rotatable bonds is 16. The fourth-order valence-corrected chi connectivity index (χ4v) is 7.48. The van der Waals surface area contributed by atoms with Gasteiger partial charge in [-0.1, -0.05) is 36.4 Å². The summed E-state index contributed by atoms with van der Waals surface area (Å²) in [6, 6.07) is 27.3. The van der Waals surface area contributed by atoms with Crippen molar-refractivity contribution in [2.75, 3.05) is 62.2 Å². The maximum Gasteiger partial charge on any atom is 0.274 e. The number of hydrogen-bond donors (Lipinski definition) is 2. The van der Waals surface area contributed by atoms with Crippen LogP contribution in [0, 0.1) is 13.8 Å². The third-order valence-electron chi connectivity index (χ3n) is 9.34. The zero-order valence-electron chi connectivity index (χ0n) is 34.7. The summed E-state index contributed by atoms with van der Waals surface area (Å²) < 4.78 is 52.6. The molecule has 0 amide bonds. The molecule has 4 aromatic carbocycles. The fourth-order valence-electron chi connectivity index (χ4n) is 6.35. The van der Waals surface area contributed by atoms with Gasteiger partial charge in [-0.2, -0.15) is 10.2 Å². The van der Waals surface area contributed by atoms with E-state index in [1.807, 2.05) is 60.0 Å². The molecule has 61 heavy (non-hydrogen) atoms. The van der Waals surface area contributed by atoms with Crippen molar-refractivity contribution in [3.8, 4) is 0 Å². The quantitative estimate of drug-likeness (QED) is 0.134. The van der Waals surface area contributed by atoms with Crippen molar-refractivity contribution in [2.24, 2.45) is 0 Å². The first-order chi connectivity index (χ1) is 28.3. The van der Waals surface area contributed by atoms with Crippen molar-refractivity contribution >= 4 is 64.5 Å². The number of anilines is 2. The number of nitrogens with zero attached hydrogens (tertiary/aromatic N) is 6. The molecule has 4 N–H and O–H groups in total. The molecule has 2 aromatic heterocycles. The van der Waals surface area contributed by atoms with Crippen LogP contribution in [0.2, 0.25) is 0 Å². The highest BCUT2D eigenvalue weighted by molar-refractivity contribution is 7.92. The number of Topliss-reactive ketones (excluding diaryl/α,β-unsaturated/α-hetero) is 2. The largest absolute Gasteiger partial charge is 0.412 e. The molecule has 6 rings (SSSR count). The number of aromatic nitrogens is 4. The van der Waals surface area contributed by atoms with Gasteiger partial charge >= 0.3 is 0 Å². The summed E-state index contributed by atoms with van der Waals surface area (Å²) in [6.07, 6.45) is 2.14. The topological polar surface area (TPSA) is 234 Å². The lowest BCUT2D eigenvalue weighted by Crippen LogP contribution is -2.33. The molecule has 0 fully saturated rings. The fraction of sp³-hybridized carbons (Fsp3) is 0.286. The number of aryl methyl sites for hydroxylation is 2. The Kier molecular flexibility index (Phi) is 15.9. The molecule has 0 saturated heterocycles. The number of benzene rings is 4. The predicted octanol–water partition coefficient (Wildman–Crippen LogP) is 2.96. The summed E-state index contributed by atoms with van der Waals surface area (Å²) >= 11 is 0. The molecule has 0 aliphatic heterocycles. The molecule has 19 heteroatoms. The minimum absolute atomic E-state index is 0. The Morgan fingerprint density at radius 2 is 0.869 bits per heavy atom. The summed E-state index contributed by atoms with van der Waals surface area (Å²) in [5.74, 6) is -0.197. The molecule has 0 atom stereocenters. The van der Waals surface area contributed by atoms with E-state index in [-0.39, 0.29) is 41.3 Å². The molecule has 0 saturated carbocycles. The SMILES string of the molecule is Cc1nn(CCN(C)CC(=O)c2ccc(NS(C)(=O)=O)cc2)c(=O)c2ccccc12.Cc1nn(CCN(C)CC(=O)c2ccc(NS(C)(=O)=O)cc2)c(=O)c2ccccc12.O. The molecule has 0 radical (unpaired) electrons. The standard InChI is InChI=1S/2C21H24N4O4S.H2O/c2*1-15-18-6-4-5-7-19(18)21(27)25(22-15)13-12-24(2)14-20(26)16-8-10-17(11-9-16)23-30(3,28)29;/h2*4-11,23H,12-14H2,1-3H3;1H2. The van der Waals surface area contributed by atoms with Gasteiger partial charge in [0, 0.05) is 46.4 Å². The highest BCUT2D eigenvalue weighted by atomic mass is 32.2. The van der Waals surface area contributed by atoms with Crippen LogP contribution < -0.4 is 20.6 Å². The lowest BCUT2D eigenvalue weighted by Gasteiger charge is -2.17. The van der Waals surface area contributed by atoms with Crippen LogP contribution in [0.25, 0.3) is 21.5 Å². The zero-order chi connectivity index (χ0) is 43.8. The Morgan fingerprint density at radius 3 is 1.18 bits per heavy atom. The third kappa shape index (κ3) is 13.4. The van der Waals surface area contributed by atoms with Gasteiger partial charge in [0.05, 0.1) is 60.9 Å². The van der Waals surface area contributed by atoms with Gasteiger partial charge in [-0.05, 0) is 88.6 Å². The number of sulfonamides is 2. The van der Waals surface area contributed by atoms with E-state index in [1.165, 1.54) is 9.36 Å². The second-order valence-corrected chi connectivity index (χ2v) is 18.0. The Hall–Kier alpha value is -6.12. The summed E-state index contributed by atoms with van der Waals surface area (Å²) in [6.45, 7) is 5.76. The molecule has 17 nitrogen and oxygen atoms in total. The summed E-state index contributed by atoms with van der Waals surface area (Å²) in [5, 5.41) is 11.7. The number of carbonyl (C=O) groups is 2. The van der Waals surface area contributed by atoms with Crippen LogP contribution in [-0.2, 0) is 33.1 Å². The molecular formula is C42H50N8O9S2. The predicted molar refractivity (Wildman–Crippen MR) is 239 cm³/mol. The van der Waals surface area contributed by atoms with Crippen molar-refractivity contribution < 1.29 is 31.9 Å². The smallest absolute Gasteiger partial charge is 0.274 e. The number of carbonyl (C=O) groups excluding carboxylic acids is 2. The van der Waals surface area contributed by atoms with Crippen molar-refractivity contribution in [1.82, 2.24) is 29.4 Å². The average Bonchev–Trinajstić information content (AvgIpc) is 3.19. The van der Waals surface area contributed by atoms with Crippen LogP contribution in [0.1, 0.15) is 32.1 Å². The molecule has 0 aliphatic carbocycles. The van der Waals surface area contributed by atoms with Crippen LogP contribution in [0.15, 0.2) is 107 Å². The number of ketones is 2. The van der Waals surface area contributed by atoms with E-state index in [9.17, 15) is 36.0 Å². The van der Waals surface area contributed by atoms with E-state index < -0.39 is 20.0 Å². The second kappa shape index (κ2) is 20.4. The first-order valence-corrected chi connectivity index (χ1v) is 22.6. The zero-order valence-corrected chi connectivity index (χ0v) is 36.4. The van der Waals surface area contributed by atoms with Crippen LogP contribution in [0.5, 0.6) is 0 Å². The highest BCUT2D eigenvalue weighted by Gasteiger charge is 2.14. The van der Waals surface area contributed by atoms with Gasteiger partial charge in [0.15, 0.2) is 11.6 Å². The van der Waals surface area contributed by atoms with E-state index in [4.69, 9.17) is 0 Å². The molecule has 2 heterocycles. The molecule has 6 aromatic rings. The van der Waals surface area contributed by atoms with Crippen molar-refractivity contribution in [1.29, 1.82) is 0 Å². The van der Waals surface area contributed by atoms with Gasteiger partial charge < -0.3 is 5.48 Å². The Morgan fingerprint density at radius 1 is 0.557 bits per heavy atom. The van der Waals surface area contributed by atoms with E-state index in [2.05, 4.69) is 19.6 Å². The van der Waals surface area contributed by atoms with Gasteiger partial charge in [0.2, 0.25) is 20.0 Å². The molecule has 324 valence electrons. The van der Waals surface area contributed by atoms with Crippen LogP contribution in [0.3, 0.4) is 0 Å². The summed E-state index contributed by atoms with van der Waals surface area (Å²) in [5.41, 5.74) is 3.04. The maximum absolute atomic E-state index is 12.6. The molecular weight excluding hydrogens is 825 g/mol. The average molecular weight is 875 g/mol. The number of fused-ring (bicyclic) bond motifs is 2. The number of hydrogen-bond acceptors (Lipinski definition) is 12. The lowest BCUT2D eigenvalue weighted by molar-refractivity contribution is 0.0936. The normalized spacial score (nSPS) is 11.5. The molecule has 0 spiro atoms. The maximum atomic E-state index is 12.6. The molecule has 0 unspecified atom stereocenters. The second-order valence-electron chi connectivity index (χ2n) is 14.5. The minimum atomic E-state index is -3.36. The van der Waals surface area contributed by atoms with Gasteiger partial charge in [-0.3, -0.25) is 38.4 Å². The Balaban J connectivity index is 0.000000264. The minimum Gasteiger partial charge on any atom is -0.412 e. The van der Waals surface area contributed by atoms with Gasteiger partial charge in [-0.25, -0.2) is 26.2 Å². The van der Waals surface area contributed by atoms with Crippen molar-refractivity contribution in [2.45, 2.75) is 26.9 Å². The van der Waals surface area contributed by atoms with E-state index in [0.717, 1.165) is 34.7 Å². The first-order valence-electron chi connectivity index (χ1n) is 18.8. The first kappa shape index (κ1) is 47.6. The van der Waals surface area contributed by atoms with E-state index in [0.29, 0.717) is 59.5 Å². The van der Waals surface area contributed by atoms with Crippen LogP contribution in [-0.4, -0.2) is 116 Å². The highest BCUT2D eigenvalue weighted by Crippen LogP contribution is 2.15. The van der Waals surface area contributed by atoms with Crippen LogP contribution in [0.4, 0.5) is 11.4 Å². The monoisotopic (exact) mass is 874 g/mol. The number of likely N-dealkylation sites (N-methyl/N-ethyl adjacent to an activating group) is 2. The van der Waals surface area contributed by atoms with Crippen LogP contribution >= 0.6 is 0 Å². The number of nitrogens with one attached hydrogen (secondary N) is 2. The Labute approximate surface area is 354 Å². The molecule has 0 aliphatic rings. The summed E-state index contributed by atoms with van der Waals surface area (Å²) in [7, 11) is -3.12. The van der Waals surface area contributed by atoms with Gasteiger partial charge in [-0.15, -0.1) is 0 Å². The van der Waals surface area contributed by atoms with Crippen molar-refractivity contribution in [3.05, 3.63) is 140 Å². The third-order valence-corrected chi connectivity index (χ3v) is 10.6. The van der Waals surface area contributed by atoms with Crippen molar-refractivity contribution in [3.63, 3.8) is 0 Å². The van der Waals surface area contributed by atoms with Gasteiger partial charge in [0.1, 0.15) is 0 Å². The Bertz CT molecular complexity index is 2670.